The average molecular weight is 518 g/mol. The summed E-state index contributed by atoms with van der Waals surface area (Å²) in [7, 11) is 0. The van der Waals surface area contributed by atoms with Gasteiger partial charge in [0.1, 0.15) is 5.82 Å². The van der Waals surface area contributed by atoms with Gasteiger partial charge in [-0.1, -0.05) is 12.1 Å². The zero-order valence-corrected chi connectivity index (χ0v) is 20.2. The first-order valence-corrected chi connectivity index (χ1v) is 11.8. The number of carbonyl (C=O) groups is 1. The number of nitrogens with two attached hydrogens (primary N) is 2. The second-order valence-electron chi connectivity index (χ2n) is 8.35. The molecule has 9 nitrogen and oxygen atoms in total. The molecule has 12 heteroatoms. The van der Waals surface area contributed by atoms with Crippen LogP contribution in [0.1, 0.15) is 24.0 Å². The molecule has 3 rings (SSSR count). The molecule has 2 aromatic carbocycles. The third-order valence-corrected chi connectivity index (χ3v) is 5.49. The van der Waals surface area contributed by atoms with Gasteiger partial charge in [0.15, 0.2) is 0 Å². The summed E-state index contributed by atoms with van der Waals surface area (Å²) in [5, 5.41) is 4.80. The van der Waals surface area contributed by atoms with Crippen molar-refractivity contribution in [2.24, 2.45) is 11.5 Å². The van der Waals surface area contributed by atoms with Gasteiger partial charge in [0, 0.05) is 18.4 Å². The Balaban J connectivity index is 1.61. The van der Waals surface area contributed by atoms with Crippen LogP contribution in [-0.2, 0) is 12.7 Å². The van der Waals surface area contributed by atoms with Crippen LogP contribution in [-0.4, -0.2) is 46.7 Å². The van der Waals surface area contributed by atoms with Gasteiger partial charge in [-0.25, -0.2) is 9.59 Å². The molecule has 0 atom stereocenters. The molecular weight excluding hydrogens is 487 g/mol. The summed E-state index contributed by atoms with van der Waals surface area (Å²) >= 11 is 0. The highest BCUT2D eigenvalue weighted by Gasteiger charge is 2.30. The van der Waals surface area contributed by atoms with Gasteiger partial charge in [-0.3, -0.25) is 14.8 Å². The van der Waals surface area contributed by atoms with E-state index < -0.39 is 23.5 Å². The number of halogens is 3. The maximum Gasteiger partial charge on any atom is 0.416 e. The van der Waals surface area contributed by atoms with Gasteiger partial charge in [-0.15, -0.1) is 0 Å². The zero-order valence-electron chi connectivity index (χ0n) is 20.2. The van der Waals surface area contributed by atoms with Gasteiger partial charge in [0.25, 0.3) is 0 Å². The van der Waals surface area contributed by atoms with E-state index in [-0.39, 0.29) is 11.5 Å². The Morgan fingerprint density at radius 1 is 0.919 bits per heavy atom. The highest BCUT2D eigenvalue weighted by molar-refractivity contribution is 5.99. The number of rotatable bonds is 11. The number of nitrogens with one attached hydrogen (secondary N) is 2. The minimum atomic E-state index is -4.47. The summed E-state index contributed by atoms with van der Waals surface area (Å²) in [5.41, 5.74) is 11.7. The molecule has 198 valence electrons. The molecule has 0 aliphatic carbocycles. The van der Waals surface area contributed by atoms with Gasteiger partial charge in [0.2, 0.25) is 0 Å². The molecule has 37 heavy (non-hydrogen) atoms. The average Bonchev–Trinajstić information content (AvgIpc) is 2.86. The number of nitrogens with zero attached hydrogens (tertiary/aromatic N) is 3. The molecule has 0 saturated carbocycles. The molecule has 6 N–H and O–H groups in total. The van der Waals surface area contributed by atoms with Crippen molar-refractivity contribution in [3.8, 4) is 5.69 Å². The van der Waals surface area contributed by atoms with Crippen LogP contribution in [0.15, 0.2) is 65.6 Å². The summed E-state index contributed by atoms with van der Waals surface area (Å²) in [6, 6.07) is 12.2. The summed E-state index contributed by atoms with van der Waals surface area (Å²) in [4.78, 5) is 30.9. The van der Waals surface area contributed by atoms with E-state index in [1.165, 1.54) is 16.8 Å². The number of benzene rings is 2. The number of urea groups is 1. The van der Waals surface area contributed by atoms with Gasteiger partial charge in [0.05, 0.1) is 11.3 Å². The first-order valence-electron chi connectivity index (χ1n) is 11.8. The normalized spacial score (nSPS) is 11.5. The molecule has 1 heterocycles. The van der Waals surface area contributed by atoms with E-state index in [9.17, 15) is 22.8 Å². The molecule has 0 unspecified atom stereocenters. The Kier molecular flexibility index (Phi) is 9.78. The van der Waals surface area contributed by atoms with E-state index in [1.54, 1.807) is 0 Å². The van der Waals surface area contributed by atoms with Crippen LogP contribution in [0.4, 0.5) is 29.5 Å². The highest BCUT2D eigenvalue weighted by Crippen LogP contribution is 2.29. The lowest BCUT2D eigenvalue weighted by Gasteiger charge is -2.22. The van der Waals surface area contributed by atoms with Crippen molar-refractivity contribution >= 4 is 17.5 Å². The van der Waals surface area contributed by atoms with Crippen LogP contribution in [0.25, 0.3) is 5.69 Å². The second kappa shape index (κ2) is 13.0. The SMILES string of the molecule is NCCCN(CCCN)Cc1ccc(-n2ccc(NC(=O)Nc3ccc(C(F)(F)F)cc3)nc2=O)cc1. The molecule has 0 fully saturated rings. The lowest BCUT2D eigenvalue weighted by Crippen LogP contribution is -2.28. The predicted molar refractivity (Wildman–Crippen MR) is 137 cm³/mol. The number of hydrogen-bond acceptors (Lipinski definition) is 6. The lowest BCUT2D eigenvalue weighted by molar-refractivity contribution is -0.137. The summed E-state index contributed by atoms with van der Waals surface area (Å²) in [5.74, 6) is -0.00210. The third kappa shape index (κ3) is 8.41. The molecule has 0 saturated heterocycles. The van der Waals surface area contributed by atoms with Crippen molar-refractivity contribution in [2.75, 3.05) is 36.8 Å². The molecule has 2 amide bonds. The predicted octanol–water partition coefficient (Wildman–Crippen LogP) is 3.39. The van der Waals surface area contributed by atoms with E-state index in [1.807, 2.05) is 24.3 Å². The Morgan fingerprint density at radius 2 is 1.54 bits per heavy atom. The maximum atomic E-state index is 12.7. The lowest BCUT2D eigenvalue weighted by atomic mass is 10.1. The van der Waals surface area contributed by atoms with Crippen LogP contribution < -0.4 is 27.8 Å². The fourth-order valence-electron chi connectivity index (χ4n) is 3.61. The minimum absolute atomic E-state index is 0.00210. The van der Waals surface area contributed by atoms with Crippen molar-refractivity contribution < 1.29 is 18.0 Å². The van der Waals surface area contributed by atoms with E-state index in [2.05, 4.69) is 20.5 Å². The molecule has 1 aromatic heterocycles. The van der Waals surface area contributed by atoms with Crippen molar-refractivity contribution in [1.29, 1.82) is 0 Å². The van der Waals surface area contributed by atoms with E-state index >= 15 is 0 Å². The van der Waals surface area contributed by atoms with Gasteiger partial charge >= 0.3 is 17.9 Å². The zero-order chi connectivity index (χ0) is 26.8. The van der Waals surface area contributed by atoms with Crippen molar-refractivity contribution in [1.82, 2.24) is 14.5 Å². The third-order valence-electron chi connectivity index (χ3n) is 5.49. The number of aromatic nitrogens is 2. The molecule has 3 aromatic rings. The maximum absolute atomic E-state index is 12.7. The fourth-order valence-corrected chi connectivity index (χ4v) is 3.61. The molecule has 0 spiro atoms. The number of hydrogen-bond donors (Lipinski definition) is 4. The van der Waals surface area contributed by atoms with Crippen molar-refractivity contribution in [3.63, 3.8) is 0 Å². The number of carbonyl (C=O) groups excluding carboxylic acids is 1. The summed E-state index contributed by atoms with van der Waals surface area (Å²) in [6.07, 6.45) is -1.20. The van der Waals surface area contributed by atoms with Crippen LogP contribution in [0.3, 0.4) is 0 Å². The largest absolute Gasteiger partial charge is 0.416 e. The van der Waals surface area contributed by atoms with Crippen molar-refractivity contribution in [2.45, 2.75) is 25.6 Å². The van der Waals surface area contributed by atoms with Crippen LogP contribution >= 0.6 is 0 Å². The van der Waals surface area contributed by atoms with E-state index in [0.29, 0.717) is 18.8 Å². The molecule has 0 aliphatic heterocycles. The molecule has 0 aliphatic rings. The molecular formula is C25H30F3N7O2. The highest BCUT2D eigenvalue weighted by atomic mass is 19.4. The summed E-state index contributed by atoms with van der Waals surface area (Å²) < 4.78 is 39.3. The van der Waals surface area contributed by atoms with Gasteiger partial charge in [-0.2, -0.15) is 18.2 Å². The van der Waals surface area contributed by atoms with Crippen LogP contribution in [0.5, 0.6) is 0 Å². The number of amides is 2. The number of alkyl halides is 3. The Hall–Kier alpha value is -3.74. The van der Waals surface area contributed by atoms with E-state index in [0.717, 1.165) is 62.3 Å². The fraction of sp³-hybridized carbons (Fsp3) is 0.320. The molecule has 0 bridgehead atoms. The Bertz CT molecular complexity index is 1200. The summed E-state index contributed by atoms with van der Waals surface area (Å²) in [6.45, 7) is 3.74. The topological polar surface area (TPSA) is 131 Å². The smallest absolute Gasteiger partial charge is 0.330 e. The van der Waals surface area contributed by atoms with Crippen LogP contribution in [0, 0.1) is 0 Å². The monoisotopic (exact) mass is 517 g/mol. The first-order chi connectivity index (χ1) is 17.7. The van der Waals surface area contributed by atoms with Crippen molar-refractivity contribution in [3.05, 3.63) is 82.4 Å². The Labute approximate surface area is 212 Å². The minimum Gasteiger partial charge on any atom is -0.330 e. The second-order valence-corrected chi connectivity index (χ2v) is 8.35. The number of anilines is 2. The first kappa shape index (κ1) is 27.8. The quantitative estimate of drug-likeness (QED) is 0.308. The van der Waals surface area contributed by atoms with Gasteiger partial charge < -0.3 is 16.8 Å². The van der Waals surface area contributed by atoms with Gasteiger partial charge in [-0.05, 0) is 87.0 Å². The van der Waals surface area contributed by atoms with Crippen LogP contribution in [0.2, 0.25) is 0 Å². The Morgan fingerprint density at radius 3 is 2.08 bits per heavy atom. The molecule has 0 radical (unpaired) electrons. The van der Waals surface area contributed by atoms with E-state index in [4.69, 9.17) is 11.5 Å². The standard InChI is InChI=1S/C25H30F3N7O2/c26-25(27,28)19-5-7-20(8-6-19)31-23(36)32-22-11-16-35(24(37)33-22)21-9-3-18(4-10-21)17-34(14-1-12-29)15-2-13-30/h3-11,16H,1-2,12-15,17,29-30H2,(H2,31,32,33,36,37).